The van der Waals surface area contributed by atoms with Crippen LogP contribution in [0, 0.1) is 29.1 Å². The fourth-order valence-electron chi connectivity index (χ4n) is 3.49. The van der Waals surface area contributed by atoms with Gasteiger partial charge in [0.1, 0.15) is 0 Å². The monoisotopic (exact) mass is 556 g/mol. The zero-order valence-corrected chi connectivity index (χ0v) is 20.9. The minimum Gasteiger partial charge on any atom is -0.203 e. The first-order valence-corrected chi connectivity index (χ1v) is 14.4. The lowest BCUT2D eigenvalue weighted by atomic mass is 10.3. The van der Waals surface area contributed by atoms with Gasteiger partial charge in [-0.1, -0.05) is 36.4 Å². The Morgan fingerprint density at radius 2 is 0.972 bits per heavy atom. The SMILES string of the molecule is CSc1ccc(S(OS(=O)(=O)c2c(F)c(F)c(F)c(F)c2F)(c2ccccc2)c2ccccc2)cc1. The van der Waals surface area contributed by atoms with Crippen molar-refractivity contribution in [1.82, 2.24) is 0 Å². The van der Waals surface area contributed by atoms with Gasteiger partial charge in [0.15, 0.2) is 28.2 Å². The van der Waals surface area contributed by atoms with Crippen molar-refractivity contribution in [1.29, 1.82) is 0 Å². The predicted molar refractivity (Wildman–Crippen MR) is 128 cm³/mol. The smallest absolute Gasteiger partial charge is 0.203 e. The highest BCUT2D eigenvalue weighted by Gasteiger charge is 2.42. The summed E-state index contributed by atoms with van der Waals surface area (Å²) in [6.07, 6.45) is 1.84. The number of hydrogen-bond donors (Lipinski definition) is 0. The molecule has 4 aromatic carbocycles. The molecule has 4 rings (SSSR count). The van der Waals surface area contributed by atoms with Crippen LogP contribution in [0.5, 0.6) is 0 Å². The van der Waals surface area contributed by atoms with Gasteiger partial charge in [-0.05, 0) is 65.1 Å². The van der Waals surface area contributed by atoms with Crippen LogP contribution < -0.4 is 0 Å². The second-order valence-corrected chi connectivity index (χ2v) is 12.5. The molecule has 0 fully saturated rings. The Balaban J connectivity index is 2.06. The third kappa shape index (κ3) is 4.52. The molecule has 0 saturated carbocycles. The Labute approximate surface area is 210 Å². The summed E-state index contributed by atoms with van der Waals surface area (Å²) in [6.45, 7) is 0. The van der Waals surface area contributed by atoms with E-state index >= 15 is 0 Å². The number of hydrogen-bond acceptors (Lipinski definition) is 4. The third-order valence-electron chi connectivity index (χ3n) is 5.15. The van der Waals surface area contributed by atoms with Crippen LogP contribution in [0.4, 0.5) is 22.0 Å². The van der Waals surface area contributed by atoms with Gasteiger partial charge < -0.3 is 0 Å². The van der Waals surface area contributed by atoms with Gasteiger partial charge in [-0.25, -0.2) is 25.6 Å². The summed E-state index contributed by atoms with van der Waals surface area (Å²) in [5.41, 5.74) is 0. The van der Waals surface area contributed by atoms with Crippen LogP contribution in [0.1, 0.15) is 0 Å². The van der Waals surface area contributed by atoms with E-state index in [4.69, 9.17) is 3.63 Å². The van der Waals surface area contributed by atoms with E-state index in [1.165, 1.54) is 11.8 Å². The van der Waals surface area contributed by atoms with Gasteiger partial charge in [0, 0.05) is 19.6 Å². The average molecular weight is 557 g/mol. The van der Waals surface area contributed by atoms with Gasteiger partial charge in [-0.2, -0.15) is 8.42 Å². The van der Waals surface area contributed by atoms with Crippen molar-refractivity contribution in [2.24, 2.45) is 0 Å². The number of benzene rings is 4. The molecular weight excluding hydrogens is 539 g/mol. The summed E-state index contributed by atoms with van der Waals surface area (Å²) < 4.78 is 103. The maximum absolute atomic E-state index is 14.6. The zero-order chi connectivity index (χ0) is 26.1. The van der Waals surface area contributed by atoms with Gasteiger partial charge in [0.05, 0.1) is 0 Å². The largest absolute Gasteiger partial charge is 0.313 e. The van der Waals surface area contributed by atoms with Crippen molar-refractivity contribution in [3.63, 3.8) is 0 Å². The average Bonchev–Trinajstić information content (AvgIpc) is 2.90. The first-order chi connectivity index (χ1) is 17.1. The van der Waals surface area contributed by atoms with E-state index in [1.807, 2.05) is 6.26 Å². The highest BCUT2D eigenvalue weighted by atomic mass is 32.3. The summed E-state index contributed by atoms with van der Waals surface area (Å²) in [7, 11) is -8.87. The first-order valence-electron chi connectivity index (χ1n) is 10.2. The second kappa shape index (κ2) is 10.3. The Bertz CT molecular complexity index is 1430. The van der Waals surface area contributed by atoms with E-state index in [2.05, 4.69) is 0 Å². The van der Waals surface area contributed by atoms with Crippen molar-refractivity contribution in [3.8, 4) is 0 Å². The molecule has 0 bridgehead atoms. The quantitative estimate of drug-likeness (QED) is 0.101. The van der Waals surface area contributed by atoms with Crippen molar-refractivity contribution in [2.75, 3.05) is 6.26 Å². The van der Waals surface area contributed by atoms with Crippen LogP contribution >= 0.6 is 22.1 Å². The standard InChI is InChI=1S/C25H17F5O3S3/c1-34-16-12-14-19(15-13-16)35(17-8-4-2-5-9-17,18-10-6-3-7-11-18)33-36(31,32)25-23(29)21(27)20(26)22(28)24(25)30/h2-15H,1H3. The van der Waals surface area contributed by atoms with Gasteiger partial charge in [-0.3, -0.25) is 0 Å². The zero-order valence-electron chi connectivity index (χ0n) is 18.4. The molecule has 0 aliphatic heterocycles. The summed E-state index contributed by atoms with van der Waals surface area (Å²) in [5, 5.41) is 0. The maximum Gasteiger partial charge on any atom is 0.313 e. The van der Waals surface area contributed by atoms with Crippen molar-refractivity contribution in [3.05, 3.63) is 114 Å². The van der Waals surface area contributed by atoms with E-state index in [-0.39, 0.29) is 0 Å². The van der Waals surface area contributed by atoms with Gasteiger partial charge >= 0.3 is 10.1 Å². The van der Waals surface area contributed by atoms with Crippen LogP contribution in [0.2, 0.25) is 0 Å². The summed E-state index contributed by atoms with van der Waals surface area (Å²) >= 11 is 1.43. The highest BCUT2D eigenvalue weighted by Crippen LogP contribution is 2.70. The minimum atomic E-state index is -5.57. The normalized spacial score (nSPS) is 12.5. The Morgan fingerprint density at radius 1 is 0.583 bits per heavy atom. The molecule has 0 N–H and O–H groups in total. The van der Waals surface area contributed by atoms with E-state index in [1.54, 1.807) is 84.9 Å². The fourth-order valence-corrected chi connectivity index (χ4v) is 9.22. The summed E-state index contributed by atoms with van der Waals surface area (Å²) in [6, 6.07) is 22.7. The fraction of sp³-hybridized carbons (Fsp3) is 0.0400. The number of thioether (sulfide) groups is 1. The maximum atomic E-state index is 14.6. The van der Waals surface area contributed by atoms with E-state index in [0.717, 1.165) is 4.90 Å². The van der Waals surface area contributed by atoms with Crippen LogP contribution in [0.3, 0.4) is 0 Å². The van der Waals surface area contributed by atoms with Crippen LogP contribution in [-0.2, 0) is 13.7 Å². The van der Waals surface area contributed by atoms with Gasteiger partial charge in [-0.15, -0.1) is 11.8 Å². The lowest BCUT2D eigenvalue weighted by Crippen LogP contribution is -2.19. The summed E-state index contributed by atoms with van der Waals surface area (Å²) in [4.78, 5) is -0.245. The number of halogens is 5. The van der Waals surface area contributed by atoms with Crippen molar-refractivity contribution >= 4 is 32.2 Å². The third-order valence-corrected chi connectivity index (χ3v) is 11.1. The van der Waals surface area contributed by atoms with E-state index in [0.29, 0.717) is 14.7 Å². The molecule has 0 amide bonds. The molecule has 0 aliphatic rings. The van der Waals surface area contributed by atoms with Crippen molar-refractivity contribution < 1.29 is 34.0 Å². The lowest BCUT2D eigenvalue weighted by Gasteiger charge is -2.39. The summed E-state index contributed by atoms with van der Waals surface area (Å²) in [5.74, 6) is -12.3. The predicted octanol–water partition coefficient (Wildman–Crippen LogP) is 7.71. The number of rotatable bonds is 7. The molecule has 0 spiro atoms. The Hall–Kier alpha value is -2.86. The molecule has 36 heavy (non-hydrogen) atoms. The highest BCUT2D eigenvalue weighted by molar-refractivity contribution is 8.33. The molecule has 11 heteroatoms. The molecule has 0 atom stereocenters. The minimum absolute atomic E-state index is 0.320. The van der Waals surface area contributed by atoms with Crippen molar-refractivity contribution in [2.45, 2.75) is 24.5 Å². The molecule has 0 saturated heterocycles. The Morgan fingerprint density at radius 3 is 1.39 bits per heavy atom. The molecule has 4 aromatic rings. The molecule has 0 aliphatic carbocycles. The van der Waals surface area contributed by atoms with Gasteiger partial charge in [0.2, 0.25) is 5.82 Å². The Kier molecular flexibility index (Phi) is 7.46. The van der Waals surface area contributed by atoms with Crippen LogP contribution in [0.15, 0.2) is 109 Å². The molecule has 188 valence electrons. The molecule has 0 radical (unpaired) electrons. The molecule has 0 unspecified atom stereocenters. The molecular formula is C25H17F5O3S3. The molecule has 3 nitrogen and oxygen atoms in total. The lowest BCUT2D eigenvalue weighted by molar-refractivity contribution is 0.354. The van der Waals surface area contributed by atoms with E-state index in [9.17, 15) is 30.4 Å². The van der Waals surface area contributed by atoms with Gasteiger partial charge in [0.25, 0.3) is 0 Å². The van der Waals surface area contributed by atoms with Crippen LogP contribution in [0.25, 0.3) is 0 Å². The second-order valence-electron chi connectivity index (χ2n) is 7.28. The van der Waals surface area contributed by atoms with Crippen LogP contribution in [-0.4, -0.2) is 14.7 Å². The van der Waals surface area contributed by atoms with E-state index < -0.39 is 54.4 Å². The molecule has 0 heterocycles. The first kappa shape index (κ1) is 26.2. The molecule has 0 aromatic heterocycles. The topological polar surface area (TPSA) is 43.4 Å².